The van der Waals surface area contributed by atoms with Crippen molar-refractivity contribution < 1.29 is 5.11 Å². The lowest BCUT2D eigenvalue weighted by Crippen LogP contribution is -2.70. The second-order valence-electron chi connectivity index (χ2n) is 14.5. The summed E-state index contributed by atoms with van der Waals surface area (Å²) < 4.78 is 0. The summed E-state index contributed by atoms with van der Waals surface area (Å²) in [5.74, 6) is 1.87. The lowest BCUT2D eigenvalue weighted by atomic mass is 9.52. The van der Waals surface area contributed by atoms with E-state index >= 15 is 0 Å². The molecule has 6 atom stereocenters. The van der Waals surface area contributed by atoms with Crippen molar-refractivity contribution in [2.24, 2.45) is 23.0 Å². The second-order valence-corrected chi connectivity index (χ2v) is 14.5. The highest BCUT2D eigenvalue weighted by atomic mass is 16.3. The Morgan fingerprint density at radius 2 is 1.82 bits per heavy atom. The molecular formula is C39H54N4O. The second kappa shape index (κ2) is 13.5. The number of rotatable bonds is 2. The van der Waals surface area contributed by atoms with Gasteiger partial charge in [0.15, 0.2) is 0 Å². The molecule has 1 aromatic heterocycles. The molecule has 5 heteroatoms. The van der Waals surface area contributed by atoms with Crippen molar-refractivity contribution in [1.29, 1.82) is 0 Å². The van der Waals surface area contributed by atoms with Crippen LogP contribution in [0.1, 0.15) is 93.9 Å². The van der Waals surface area contributed by atoms with Crippen LogP contribution in [0, 0.1) is 17.3 Å². The van der Waals surface area contributed by atoms with Crippen LogP contribution in [-0.4, -0.2) is 65.2 Å². The standard InChI is InChI=1S/C39H54N4O/c40-23-21-31-32-15-8-10-22-39-28-42-24-11-6-4-2-1-3-5-7-14-29-19-20-34(39)30(26-42)27-43(38(29)39)25-12-9-17-35(32)41-37-33(31)16-13-18-36(37)44/h3,5,8,13,15-16,18-19,30,34,38,44H,1-2,4,6-7,9-12,14,17,20-28,40H2/b5-3-,15-8-. The van der Waals surface area contributed by atoms with Crippen LogP contribution in [0.3, 0.4) is 0 Å². The maximum atomic E-state index is 10.8. The van der Waals surface area contributed by atoms with E-state index in [4.69, 9.17) is 10.7 Å². The predicted octanol–water partition coefficient (Wildman–Crippen LogP) is 7.42. The number of aryl methyl sites for hydroxylation is 1. The van der Waals surface area contributed by atoms with Gasteiger partial charge < -0.3 is 15.7 Å². The molecule has 3 N–H and O–H groups in total. The van der Waals surface area contributed by atoms with Crippen LogP contribution in [0.5, 0.6) is 5.75 Å². The predicted molar refractivity (Wildman–Crippen MR) is 183 cm³/mol. The fraction of sp³-hybridized carbons (Fsp3) is 0.615. The highest BCUT2D eigenvalue weighted by Gasteiger charge is 2.58. The minimum atomic E-state index is 0.277. The molecule has 1 aromatic carbocycles. The Morgan fingerprint density at radius 1 is 0.932 bits per heavy atom. The fourth-order valence-electron chi connectivity index (χ4n) is 10.0. The van der Waals surface area contributed by atoms with Gasteiger partial charge in [-0.05, 0) is 126 Å². The summed E-state index contributed by atoms with van der Waals surface area (Å²) in [5, 5.41) is 11.8. The van der Waals surface area contributed by atoms with E-state index in [1.807, 2.05) is 6.07 Å². The van der Waals surface area contributed by atoms with Crippen LogP contribution >= 0.6 is 0 Å². The van der Waals surface area contributed by atoms with E-state index in [2.05, 4.69) is 46.2 Å². The fourth-order valence-corrected chi connectivity index (χ4v) is 10.0. The quantitative estimate of drug-likeness (QED) is 0.354. The first kappa shape index (κ1) is 30.2. The highest BCUT2D eigenvalue weighted by Crippen LogP contribution is 2.57. The zero-order valence-corrected chi connectivity index (χ0v) is 26.9. The molecule has 5 aliphatic rings. The molecule has 5 nitrogen and oxygen atoms in total. The van der Waals surface area contributed by atoms with Gasteiger partial charge in [-0.15, -0.1) is 0 Å². The van der Waals surface area contributed by atoms with Crippen molar-refractivity contribution in [3.8, 4) is 5.75 Å². The van der Waals surface area contributed by atoms with Crippen LogP contribution in [0.15, 0.2) is 48.1 Å². The molecular weight excluding hydrogens is 540 g/mol. The molecule has 0 amide bonds. The lowest BCUT2D eigenvalue weighted by Gasteiger charge is -2.65. The van der Waals surface area contributed by atoms with Gasteiger partial charge in [0.2, 0.25) is 0 Å². The van der Waals surface area contributed by atoms with Crippen LogP contribution < -0.4 is 5.73 Å². The number of piperidine rings is 2. The summed E-state index contributed by atoms with van der Waals surface area (Å²) in [5.41, 5.74) is 12.6. The summed E-state index contributed by atoms with van der Waals surface area (Å²) in [7, 11) is 0. The third-order valence-electron chi connectivity index (χ3n) is 11.8. The molecule has 0 saturated carbocycles. The summed E-state index contributed by atoms with van der Waals surface area (Å²) in [6.07, 6.45) is 29.3. The Labute approximate surface area is 265 Å². The molecule has 44 heavy (non-hydrogen) atoms. The van der Waals surface area contributed by atoms with E-state index < -0.39 is 0 Å². The van der Waals surface area contributed by atoms with Crippen LogP contribution in [-0.2, 0) is 12.8 Å². The van der Waals surface area contributed by atoms with E-state index in [1.54, 1.807) is 11.6 Å². The summed E-state index contributed by atoms with van der Waals surface area (Å²) in [6, 6.07) is 6.40. The summed E-state index contributed by atoms with van der Waals surface area (Å²) >= 11 is 0. The van der Waals surface area contributed by atoms with Crippen LogP contribution in [0.4, 0.5) is 0 Å². The largest absolute Gasteiger partial charge is 0.506 e. The molecule has 2 aromatic rings. The Balaban J connectivity index is 1.27. The number of para-hydroxylation sites is 1. The van der Waals surface area contributed by atoms with Gasteiger partial charge in [0, 0.05) is 42.2 Å². The van der Waals surface area contributed by atoms with Crippen LogP contribution in [0.2, 0.25) is 0 Å². The Kier molecular flexibility index (Phi) is 9.26. The highest BCUT2D eigenvalue weighted by molar-refractivity contribution is 5.90. The zero-order valence-electron chi connectivity index (χ0n) is 26.9. The first-order valence-corrected chi connectivity index (χ1v) is 18.0. The van der Waals surface area contributed by atoms with E-state index in [9.17, 15) is 5.11 Å². The molecule has 236 valence electrons. The van der Waals surface area contributed by atoms with Gasteiger partial charge in [-0.25, -0.2) is 4.98 Å². The number of hydrogen-bond acceptors (Lipinski definition) is 5. The lowest BCUT2D eigenvalue weighted by molar-refractivity contribution is -0.129. The third kappa shape index (κ3) is 5.81. The third-order valence-corrected chi connectivity index (χ3v) is 11.8. The number of pyridine rings is 1. The van der Waals surface area contributed by atoms with Crippen molar-refractivity contribution in [2.75, 3.05) is 39.3 Å². The van der Waals surface area contributed by atoms with Gasteiger partial charge >= 0.3 is 0 Å². The van der Waals surface area contributed by atoms with Crippen molar-refractivity contribution in [2.45, 2.75) is 95.9 Å². The molecule has 0 radical (unpaired) electrons. The number of nitrogens with two attached hydrogens (primary N) is 1. The van der Waals surface area contributed by atoms with Crippen molar-refractivity contribution in [3.63, 3.8) is 0 Å². The van der Waals surface area contributed by atoms with Gasteiger partial charge in [0.25, 0.3) is 0 Å². The van der Waals surface area contributed by atoms with Crippen molar-refractivity contribution in [3.05, 3.63) is 64.9 Å². The molecule has 2 fully saturated rings. The summed E-state index contributed by atoms with van der Waals surface area (Å²) in [4.78, 5) is 11.0. The number of aromatic nitrogens is 1. The zero-order chi connectivity index (χ0) is 29.9. The smallest absolute Gasteiger partial charge is 0.141 e. The number of hydrogen-bond donors (Lipinski definition) is 2. The van der Waals surface area contributed by atoms with Crippen LogP contribution in [0.25, 0.3) is 17.0 Å². The van der Waals surface area contributed by atoms with Gasteiger partial charge in [-0.2, -0.15) is 0 Å². The normalized spacial score (nSPS) is 34.4. The molecule has 7 bridgehead atoms. The van der Waals surface area contributed by atoms with Gasteiger partial charge in [0.05, 0.1) is 0 Å². The van der Waals surface area contributed by atoms with Gasteiger partial charge in [-0.1, -0.05) is 60.9 Å². The molecule has 1 aliphatic carbocycles. The van der Waals surface area contributed by atoms with Gasteiger partial charge in [-0.3, -0.25) is 4.90 Å². The Bertz CT molecular complexity index is 1410. The number of aromatic hydroxyl groups is 1. The number of benzene rings is 1. The number of phenolic OH excluding ortho intramolecular Hbond substituents is 1. The summed E-state index contributed by atoms with van der Waals surface area (Å²) in [6.45, 7) is 6.90. The van der Waals surface area contributed by atoms with E-state index in [-0.39, 0.29) is 5.75 Å². The number of allylic oxidation sites excluding steroid dienone is 4. The maximum absolute atomic E-state index is 10.8. The minimum absolute atomic E-state index is 0.277. The average Bonchev–Trinajstić information content (AvgIpc) is 3.02. The van der Waals surface area contributed by atoms with E-state index in [1.165, 1.54) is 108 Å². The minimum Gasteiger partial charge on any atom is -0.506 e. The number of phenols is 1. The molecule has 7 rings (SSSR count). The van der Waals surface area contributed by atoms with Crippen molar-refractivity contribution in [1.82, 2.24) is 14.8 Å². The maximum Gasteiger partial charge on any atom is 0.141 e. The molecule has 6 unspecified atom stereocenters. The van der Waals surface area contributed by atoms with Gasteiger partial charge in [0.1, 0.15) is 11.3 Å². The average molecular weight is 595 g/mol. The van der Waals surface area contributed by atoms with E-state index in [0.717, 1.165) is 54.1 Å². The first-order chi connectivity index (χ1) is 21.7. The number of fused-ring (bicyclic) bond motifs is 3. The molecule has 2 saturated heterocycles. The topological polar surface area (TPSA) is 65.6 Å². The Hall–Kier alpha value is -2.47. The Morgan fingerprint density at radius 3 is 2.75 bits per heavy atom. The van der Waals surface area contributed by atoms with Crippen molar-refractivity contribution >= 4 is 17.0 Å². The molecule has 1 spiro atoms. The first-order valence-electron chi connectivity index (χ1n) is 18.0. The molecule has 4 aliphatic heterocycles. The SMILES string of the molecule is NCCc1c2c(nc3c(O)cccc13)CCCCN1CC3CN4CCCCCC/C=C\CCC5=CCC3C(CC/C=C\2)(C4)C51. The number of nitrogens with zero attached hydrogens (tertiary/aromatic N) is 3. The van der Waals surface area contributed by atoms with E-state index in [0.29, 0.717) is 18.0 Å². The monoisotopic (exact) mass is 594 g/mol. The molecule has 5 heterocycles.